The zero-order chi connectivity index (χ0) is 19.1. The van der Waals surface area contributed by atoms with E-state index >= 15 is 0 Å². The third-order valence-corrected chi connectivity index (χ3v) is 5.08. The minimum absolute atomic E-state index is 0.290. The van der Waals surface area contributed by atoms with Crippen molar-refractivity contribution in [2.45, 2.75) is 27.7 Å². The predicted octanol–water partition coefficient (Wildman–Crippen LogP) is 5.06. The molecule has 0 aliphatic carbocycles. The minimum Gasteiger partial charge on any atom is -0.436 e. The largest absolute Gasteiger partial charge is 0.436 e. The highest BCUT2D eigenvalue weighted by atomic mass is 16.4. The number of aryl methyl sites for hydroxylation is 2. The van der Waals surface area contributed by atoms with Crippen LogP contribution in [-0.4, -0.2) is 18.1 Å². The molecular formula is C22H22N2O3. The van der Waals surface area contributed by atoms with Crippen molar-refractivity contribution < 1.29 is 8.83 Å². The van der Waals surface area contributed by atoms with Crippen molar-refractivity contribution in [3.63, 3.8) is 0 Å². The summed E-state index contributed by atoms with van der Waals surface area (Å²) >= 11 is 0. The molecule has 27 heavy (non-hydrogen) atoms. The van der Waals surface area contributed by atoms with E-state index in [0.29, 0.717) is 22.6 Å². The van der Waals surface area contributed by atoms with Gasteiger partial charge in [0.2, 0.25) is 5.89 Å². The van der Waals surface area contributed by atoms with Crippen LogP contribution in [0.5, 0.6) is 0 Å². The number of rotatable bonds is 4. The van der Waals surface area contributed by atoms with Gasteiger partial charge in [-0.1, -0.05) is 0 Å². The molecule has 0 unspecified atom stereocenters. The normalized spacial score (nSPS) is 11.4. The molecule has 0 saturated heterocycles. The van der Waals surface area contributed by atoms with Crippen molar-refractivity contribution in [1.82, 2.24) is 4.98 Å². The Labute approximate surface area is 157 Å². The van der Waals surface area contributed by atoms with E-state index < -0.39 is 5.63 Å². The molecule has 0 aliphatic rings. The second-order valence-electron chi connectivity index (χ2n) is 6.77. The van der Waals surface area contributed by atoms with Gasteiger partial charge in [-0.15, -0.1) is 0 Å². The number of benzene rings is 2. The van der Waals surface area contributed by atoms with Crippen LogP contribution in [0.15, 0.2) is 50.0 Å². The molecule has 0 spiro atoms. The van der Waals surface area contributed by atoms with Gasteiger partial charge in [-0.05, 0) is 69.2 Å². The van der Waals surface area contributed by atoms with Gasteiger partial charge in [0.1, 0.15) is 16.7 Å². The number of aromatic nitrogens is 1. The van der Waals surface area contributed by atoms with E-state index in [1.54, 1.807) is 6.07 Å². The van der Waals surface area contributed by atoms with Crippen LogP contribution >= 0.6 is 0 Å². The van der Waals surface area contributed by atoms with E-state index in [2.05, 4.69) is 23.7 Å². The summed E-state index contributed by atoms with van der Waals surface area (Å²) in [6.07, 6.45) is 0. The molecule has 5 heteroatoms. The molecule has 5 nitrogen and oxygen atoms in total. The zero-order valence-electron chi connectivity index (χ0n) is 16.0. The first-order valence-corrected chi connectivity index (χ1v) is 9.21. The lowest BCUT2D eigenvalue weighted by molar-refractivity contribution is 0.553. The maximum Gasteiger partial charge on any atom is 0.349 e. The number of anilines is 1. The van der Waals surface area contributed by atoms with E-state index in [1.165, 1.54) is 0 Å². The molecule has 0 atom stereocenters. The summed E-state index contributed by atoms with van der Waals surface area (Å²) in [7, 11) is 0. The van der Waals surface area contributed by atoms with Crippen LogP contribution in [0.1, 0.15) is 25.0 Å². The quantitative estimate of drug-likeness (QED) is 0.475. The van der Waals surface area contributed by atoms with Crippen LogP contribution < -0.4 is 10.5 Å². The molecule has 0 saturated carbocycles. The lowest BCUT2D eigenvalue weighted by Crippen LogP contribution is -2.21. The smallest absolute Gasteiger partial charge is 0.349 e. The molecular weight excluding hydrogens is 340 g/mol. The van der Waals surface area contributed by atoms with Gasteiger partial charge in [0.15, 0.2) is 5.58 Å². The number of hydrogen-bond acceptors (Lipinski definition) is 5. The molecule has 2 heterocycles. The molecule has 0 aliphatic heterocycles. The fraction of sp³-hybridized carbons (Fsp3) is 0.273. The Morgan fingerprint density at radius 3 is 2.41 bits per heavy atom. The standard InChI is InChI=1S/C22H22N2O3/c1-5-24(6-2)16-8-7-15-11-17(22(25)27-19(15)12-16)21-23-18-9-13(3)14(4)10-20(18)26-21/h7-12H,5-6H2,1-4H3. The van der Waals surface area contributed by atoms with Gasteiger partial charge < -0.3 is 13.7 Å². The summed E-state index contributed by atoms with van der Waals surface area (Å²) in [5.41, 5.74) is 5.17. The van der Waals surface area contributed by atoms with Crippen LogP contribution in [0, 0.1) is 13.8 Å². The molecule has 2 aromatic heterocycles. The van der Waals surface area contributed by atoms with Gasteiger partial charge >= 0.3 is 5.63 Å². The minimum atomic E-state index is -0.445. The van der Waals surface area contributed by atoms with Crippen molar-refractivity contribution in [2.75, 3.05) is 18.0 Å². The molecule has 4 rings (SSSR count). The van der Waals surface area contributed by atoms with E-state index in [1.807, 2.05) is 44.2 Å². The van der Waals surface area contributed by atoms with E-state index in [9.17, 15) is 4.79 Å². The fourth-order valence-corrected chi connectivity index (χ4v) is 3.33. The Kier molecular flexibility index (Phi) is 4.22. The maximum absolute atomic E-state index is 12.6. The fourth-order valence-electron chi connectivity index (χ4n) is 3.33. The third-order valence-electron chi connectivity index (χ3n) is 5.08. The van der Waals surface area contributed by atoms with Crippen LogP contribution in [-0.2, 0) is 0 Å². The van der Waals surface area contributed by atoms with Gasteiger partial charge in [-0.3, -0.25) is 0 Å². The van der Waals surface area contributed by atoms with E-state index in [4.69, 9.17) is 8.83 Å². The lowest BCUT2D eigenvalue weighted by Gasteiger charge is -2.20. The van der Waals surface area contributed by atoms with Crippen molar-refractivity contribution >= 4 is 27.8 Å². The summed E-state index contributed by atoms with van der Waals surface area (Å²) in [5.74, 6) is 0.290. The number of fused-ring (bicyclic) bond motifs is 2. The lowest BCUT2D eigenvalue weighted by atomic mass is 10.1. The van der Waals surface area contributed by atoms with Crippen molar-refractivity contribution in [3.05, 3.63) is 57.9 Å². The second-order valence-corrected chi connectivity index (χ2v) is 6.77. The molecule has 0 bridgehead atoms. The Morgan fingerprint density at radius 1 is 0.926 bits per heavy atom. The third kappa shape index (κ3) is 2.99. The van der Waals surface area contributed by atoms with Gasteiger partial charge in [0.05, 0.1) is 0 Å². The number of oxazole rings is 1. The average Bonchev–Trinajstić information content (AvgIpc) is 3.04. The first-order chi connectivity index (χ1) is 13.0. The van der Waals surface area contributed by atoms with E-state index in [-0.39, 0.29) is 0 Å². The van der Waals surface area contributed by atoms with Crippen molar-refractivity contribution in [3.8, 4) is 11.5 Å². The highest BCUT2D eigenvalue weighted by molar-refractivity contribution is 5.85. The zero-order valence-corrected chi connectivity index (χ0v) is 16.0. The van der Waals surface area contributed by atoms with Gasteiger partial charge in [-0.25, -0.2) is 9.78 Å². The Bertz CT molecular complexity index is 1160. The first kappa shape index (κ1) is 17.3. The second kappa shape index (κ2) is 6.58. The molecule has 2 aromatic carbocycles. The summed E-state index contributed by atoms with van der Waals surface area (Å²) in [4.78, 5) is 19.3. The van der Waals surface area contributed by atoms with Crippen molar-refractivity contribution in [2.24, 2.45) is 0 Å². The molecule has 138 valence electrons. The Balaban J connectivity index is 1.84. The topological polar surface area (TPSA) is 59.5 Å². The molecule has 0 fully saturated rings. The van der Waals surface area contributed by atoms with Crippen LogP contribution in [0.2, 0.25) is 0 Å². The summed E-state index contributed by atoms with van der Waals surface area (Å²) in [6.45, 7) is 10.0. The van der Waals surface area contributed by atoms with Gasteiger partial charge in [0.25, 0.3) is 0 Å². The monoisotopic (exact) mass is 362 g/mol. The average molecular weight is 362 g/mol. The maximum atomic E-state index is 12.6. The molecule has 0 amide bonds. The number of nitrogens with zero attached hydrogens (tertiary/aromatic N) is 2. The SMILES string of the molecule is CCN(CC)c1ccc2cc(-c3nc4cc(C)c(C)cc4o3)c(=O)oc2c1. The van der Waals surface area contributed by atoms with E-state index in [0.717, 1.165) is 40.8 Å². The predicted molar refractivity (Wildman–Crippen MR) is 109 cm³/mol. The summed E-state index contributed by atoms with van der Waals surface area (Å²) in [6, 6.07) is 11.6. The van der Waals surface area contributed by atoms with Crippen LogP contribution in [0.3, 0.4) is 0 Å². The highest BCUT2D eigenvalue weighted by Crippen LogP contribution is 2.28. The Morgan fingerprint density at radius 2 is 1.67 bits per heavy atom. The van der Waals surface area contributed by atoms with Crippen LogP contribution in [0.4, 0.5) is 5.69 Å². The summed E-state index contributed by atoms with van der Waals surface area (Å²) < 4.78 is 11.4. The molecule has 4 aromatic rings. The number of hydrogen-bond donors (Lipinski definition) is 0. The Hall–Kier alpha value is -3.08. The van der Waals surface area contributed by atoms with Gasteiger partial charge in [0, 0.05) is 30.2 Å². The van der Waals surface area contributed by atoms with Gasteiger partial charge in [-0.2, -0.15) is 0 Å². The molecule has 0 N–H and O–H groups in total. The van der Waals surface area contributed by atoms with Crippen LogP contribution in [0.25, 0.3) is 33.5 Å². The molecule has 0 radical (unpaired) electrons. The van der Waals surface area contributed by atoms with Crippen molar-refractivity contribution in [1.29, 1.82) is 0 Å². The highest BCUT2D eigenvalue weighted by Gasteiger charge is 2.16. The summed E-state index contributed by atoms with van der Waals surface area (Å²) in [5, 5.41) is 0.843. The first-order valence-electron chi connectivity index (χ1n) is 9.21.